The van der Waals surface area contributed by atoms with E-state index in [4.69, 9.17) is 0 Å². The molecule has 1 aliphatic carbocycles. The molecule has 1 N–H and O–H groups in total. The molecule has 2 heteroatoms. The molecule has 0 saturated heterocycles. The molecule has 2 aliphatic rings. The molecule has 0 spiro atoms. The Kier molecular flexibility index (Phi) is 3.20. The van der Waals surface area contributed by atoms with E-state index < -0.39 is 0 Å². The molecule has 1 nitrogen and oxygen atoms in total. The average Bonchev–Trinajstić information content (AvgIpc) is 2.30. The lowest BCUT2D eigenvalue weighted by Gasteiger charge is -2.50. The largest absolute Gasteiger partial charge is 0.381 e. The van der Waals surface area contributed by atoms with Crippen molar-refractivity contribution in [3.8, 4) is 0 Å². The fourth-order valence-electron chi connectivity index (χ4n) is 4.19. The molecule has 1 fully saturated rings. The second-order valence-corrected chi connectivity index (χ2v) is 8.02. The summed E-state index contributed by atoms with van der Waals surface area (Å²) in [5, 5.41) is 3.83. The van der Waals surface area contributed by atoms with Gasteiger partial charge in [-0.2, -0.15) is 0 Å². The van der Waals surface area contributed by atoms with Crippen LogP contribution in [-0.2, 0) is 5.41 Å². The van der Waals surface area contributed by atoms with Crippen molar-refractivity contribution in [3.63, 3.8) is 0 Å². The highest BCUT2D eigenvalue weighted by atomic mass is 79.9. The van der Waals surface area contributed by atoms with Crippen LogP contribution in [-0.4, -0.2) is 6.04 Å². The van der Waals surface area contributed by atoms with Gasteiger partial charge in [-0.1, -0.05) is 33.3 Å². The van der Waals surface area contributed by atoms with E-state index >= 15 is 0 Å². The first kappa shape index (κ1) is 13.5. The first-order chi connectivity index (χ1) is 8.89. The number of hydrogen-bond acceptors (Lipinski definition) is 1. The predicted molar refractivity (Wildman–Crippen MR) is 85.8 cm³/mol. The Hall–Kier alpha value is -0.500. The normalized spacial score (nSPS) is 32.2. The molecule has 0 aromatic heterocycles. The van der Waals surface area contributed by atoms with Crippen molar-refractivity contribution >= 4 is 21.6 Å². The van der Waals surface area contributed by atoms with E-state index in [1.165, 1.54) is 40.5 Å². The van der Waals surface area contributed by atoms with Crippen LogP contribution in [0.2, 0.25) is 0 Å². The second kappa shape index (κ2) is 4.51. The smallest absolute Gasteiger partial charge is 0.0525 e. The van der Waals surface area contributed by atoms with Crippen molar-refractivity contribution in [2.24, 2.45) is 11.8 Å². The molecule has 1 heterocycles. The van der Waals surface area contributed by atoms with Gasteiger partial charge in [-0.05, 0) is 70.1 Å². The van der Waals surface area contributed by atoms with E-state index in [9.17, 15) is 0 Å². The average molecular weight is 322 g/mol. The molecule has 0 bridgehead atoms. The Bertz CT molecular complexity index is 506. The van der Waals surface area contributed by atoms with Gasteiger partial charge in [-0.25, -0.2) is 0 Å². The summed E-state index contributed by atoms with van der Waals surface area (Å²) in [6.45, 7) is 9.46. The summed E-state index contributed by atoms with van der Waals surface area (Å²) in [5.41, 5.74) is 4.46. The molecule has 1 saturated carbocycles. The number of anilines is 1. The summed E-state index contributed by atoms with van der Waals surface area (Å²) >= 11 is 3.75. The van der Waals surface area contributed by atoms with Crippen molar-refractivity contribution in [2.45, 2.75) is 58.4 Å². The third kappa shape index (κ3) is 2.12. The highest BCUT2D eigenvalue weighted by molar-refractivity contribution is 9.10. The van der Waals surface area contributed by atoms with Crippen molar-refractivity contribution < 1.29 is 0 Å². The minimum Gasteiger partial charge on any atom is -0.381 e. The van der Waals surface area contributed by atoms with Crippen LogP contribution in [0.5, 0.6) is 0 Å². The molecule has 1 aliphatic heterocycles. The first-order valence-electron chi connectivity index (χ1n) is 7.46. The molecule has 3 rings (SSSR count). The zero-order chi connectivity index (χ0) is 13.8. The monoisotopic (exact) mass is 321 g/mol. The van der Waals surface area contributed by atoms with Crippen LogP contribution in [0.3, 0.4) is 0 Å². The summed E-state index contributed by atoms with van der Waals surface area (Å²) in [6.07, 6.45) is 4.05. The van der Waals surface area contributed by atoms with Gasteiger partial charge in [0, 0.05) is 10.5 Å². The molecule has 0 unspecified atom stereocenters. The number of aryl methyl sites for hydroxylation is 1. The second-order valence-electron chi connectivity index (χ2n) is 7.17. The minimum atomic E-state index is 0.278. The summed E-state index contributed by atoms with van der Waals surface area (Å²) in [6, 6.07) is 5.25. The van der Waals surface area contributed by atoms with Gasteiger partial charge in [0.25, 0.3) is 0 Å². The molecule has 104 valence electrons. The van der Waals surface area contributed by atoms with Gasteiger partial charge in [0.1, 0.15) is 0 Å². The van der Waals surface area contributed by atoms with Crippen molar-refractivity contribution in [1.82, 2.24) is 0 Å². The van der Waals surface area contributed by atoms with E-state index in [0.29, 0.717) is 6.04 Å². The predicted octanol–water partition coefficient (Wildman–Crippen LogP) is 5.27. The fourth-order valence-corrected chi connectivity index (χ4v) is 4.88. The van der Waals surface area contributed by atoms with Crippen LogP contribution in [0.4, 0.5) is 5.69 Å². The maximum absolute atomic E-state index is 3.83. The Morgan fingerprint density at radius 2 is 2.00 bits per heavy atom. The van der Waals surface area contributed by atoms with E-state index in [1.54, 1.807) is 0 Å². The van der Waals surface area contributed by atoms with Gasteiger partial charge in [0.05, 0.1) is 5.69 Å². The SMILES string of the molecule is Cc1cc(Br)c2c(c1)C(C)(C)[C@@H]1CC[C@@H](C)C[C@@H]1N2. The third-order valence-electron chi connectivity index (χ3n) is 5.30. The Morgan fingerprint density at radius 3 is 2.74 bits per heavy atom. The topological polar surface area (TPSA) is 12.0 Å². The Balaban J connectivity index is 2.10. The van der Waals surface area contributed by atoms with Crippen LogP contribution in [0, 0.1) is 18.8 Å². The molecular formula is C17H24BrN. The highest BCUT2D eigenvalue weighted by Crippen LogP contribution is 2.51. The molecule has 1 aromatic carbocycles. The van der Waals surface area contributed by atoms with Crippen LogP contribution >= 0.6 is 15.9 Å². The van der Waals surface area contributed by atoms with Gasteiger partial charge >= 0.3 is 0 Å². The summed E-state index contributed by atoms with van der Waals surface area (Å²) in [7, 11) is 0. The third-order valence-corrected chi connectivity index (χ3v) is 5.92. The van der Waals surface area contributed by atoms with Crippen LogP contribution in [0.15, 0.2) is 16.6 Å². The van der Waals surface area contributed by atoms with Crippen LogP contribution < -0.4 is 5.32 Å². The molecule has 3 atom stereocenters. The number of hydrogen-bond donors (Lipinski definition) is 1. The molecule has 0 radical (unpaired) electrons. The van der Waals surface area contributed by atoms with Crippen LogP contribution in [0.1, 0.15) is 51.2 Å². The van der Waals surface area contributed by atoms with Gasteiger partial charge < -0.3 is 5.32 Å². The van der Waals surface area contributed by atoms with Gasteiger partial charge in [-0.3, -0.25) is 0 Å². The summed E-state index contributed by atoms with van der Waals surface area (Å²) < 4.78 is 1.23. The van der Waals surface area contributed by atoms with Gasteiger partial charge in [0.15, 0.2) is 0 Å². The number of fused-ring (bicyclic) bond motifs is 2. The maximum atomic E-state index is 3.83. The van der Waals surface area contributed by atoms with Crippen molar-refractivity contribution in [2.75, 3.05) is 5.32 Å². The van der Waals surface area contributed by atoms with Crippen LogP contribution in [0.25, 0.3) is 0 Å². The zero-order valence-electron chi connectivity index (χ0n) is 12.4. The molecule has 19 heavy (non-hydrogen) atoms. The highest BCUT2D eigenvalue weighted by Gasteiger charge is 2.44. The lowest BCUT2D eigenvalue weighted by molar-refractivity contribution is 0.173. The quantitative estimate of drug-likeness (QED) is 0.686. The Morgan fingerprint density at radius 1 is 1.26 bits per heavy atom. The molecule has 0 amide bonds. The Labute approximate surface area is 125 Å². The standard InChI is InChI=1S/C17H24BrN/c1-10-5-6-12-15(9-10)19-16-13(17(12,3)4)7-11(2)8-14(16)18/h7-8,10,12,15,19H,5-6,9H2,1-4H3/t10-,12-,15+/m1/s1. The lowest BCUT2D eigenvalue weighted by atomic mass is 9.61. The number of rotatable bonds is 0. The summed E-state index contributed by atoms with van der Waals surface area (Å²) in [4.78, 5) is 0. The zero-order valence-corrected chi connectivity index (χ0v) is 14.0. The lowest BCUT2D eigenvalue weighted by Crippen LogP contribution is -2.49. The van der Waals surface area contributed by atoms with E-state index in [2.05, 4.69) is 61.1 Å². The number of nitrogens with one attached hydrogen (secondary N) is 1. The van der Waals surface area contributed by atoms with E-state index in [1.807, 2.05) is 0 Å². The first-order valence-corrected chi connectivity index (χ1v) is 8.26. The van der Waals surface area contributed by atoms with Gasteiger partial charge in [-0.15, -0.1) is 0 Å². The molecule has 1 aromatic rings. The fraction of sp³-hybridized carbons (Fsp3) is 0.647. The van der Waals surface area contributed by atoms with Gasteiger partial charge in [0.2, 0.25) is 0 Å². The molecular weight excluding hydrogens is 298 g/mol. The minimum absolute atomic E-state index is 0.278. The summed E-state index contributed by atoms with van der Waals surface area (Å²) in [5.74, 6) is 1.63. The maximum Gasteiger partial charge on any atom is 0.0525 e. The van der Waals surface area contributed by atoms with E-state index in [-0.39, 0.29) is 5.41 Å². The van der Waals surface area contributed by atoms with Crippen molar-refractivity contribution in [3.05, 3.63) is 27.7 Å². The van der Waals surface area contributed by atoms with Crippen molar-refractivity contribution in [1.29, 1.82) is 0 Å². The number of benzene rings is 1. The van der Waals surface area contributed by atoms with E-state index in [0.717, 1.165) is 11.8 Å². The number of halogens is 1.